The van der Waals surface area contributed by atoms with Crippen LogP contribution in [0.1, 0.15) is 335 Å². The Morgan fingerprint density at radius 1 is 0.339 bits per heavy atom. The Balaban J connectivity index is 1.35. The van der Waals surface area contributed by atoms with Gasteiger partial charge in [0.25, 0.3) is 0 Å². The lowest BCUT2D eigenvalue weighted by Gasteiger charge is -2.48. The van der Waals surface area contributed by atoms with Gasteiger partial charge in [0.1, 0.15) is 73.2 Å². The Morgan fingerprint density at radius 3 is 1.03 bits per heavy atom. The molecule has 1 amide bonds. The number of unbranched alkanes of at least 4 members (excludes halogenated alkanes) is 40. The molecule has 0 aromatic carbocycles. The number of aliphatic hydroxyl groups excluding tert-OH is 11. The van der Waals surface area contributed by atoms with Crippen LogP contribution in [0, 0.1) is 0 Å². The molecule has 632 valence electrons. The van der Waals surface area contributed by atoms with Crippen LogP contribution in [0.3, 0.4) is 0 Å². The third-order valence-corrected chi connectivity index (χ3v) is 21.4. The molecule has 17 atom stereocenters. The summed E-state index contributed by atoms with van der Waals surface area (Å²) >= 11 is 0. The van der Waals surface area contributed by atoms with Gasteiger partial charge in [-0.3, -0.25) is 4.79 Å². The minimum Gasteiger partial charge on any atom is -0.394 e. The van der Waals surface area contributed by atoms with E-state index in [1.807, 2.05) is 6.08 Å². The van der Waals surface area contributed by atoms with Crippen molar-refractivity contribution < 1.29 is 89.4 Å². The van der Waals surface area contributed by atoms with Gasteiger partial charge in [-0.1, -0.05) is 342 Å². The molecule has 3 aliphatic rings. The Morgan fingerprint density at radius 2 is 0.642 bits per heavy atom. The second-order valence-corrected chi connectivity index (χ2v) is 31.0. The zero-order valence-corrected chi connectivity index (χ0v) is 68.0. The Labute approximate surface area is 660 Å². The van der Waals surface area contributed by atoms with E-state index in [2.05, 4.69) is 104 Å². The summed E-state index contributed by atoms with van der Waals surface area (Å²) in [6.07, 6.45) is 68.4. The maximum Gasteiger partial charge on any atom is 0.220 e. The molecule has 0 aliphatic carbocycles. The summed E-state index contributed by atoms with van der Waals surface area (Å²) in [6.45, 7) is 1.64. The first-order valence-corrected chi connectivity index (χ1v) is 44.0. The predicted octanol–water partition coefficient (Wildman–Crippen LogP) is 16.3. The van der Waals surface area contributed by atoms with Gasteiger partial charge in [0, 0.05) is 6.42 Å². The first kappa shape index (κ1) is 99.9. The van der Waals surface area contributed by atoms with Gasteiger partial charge in [-0.15, -0.1) is 0 Å². The van der Waals surface area contributed by atoms with Gasteiger partial charge >= 0.3 is 0 Å². The fourth-order valence-corrected chi connectivity index (χ4v) is 14.4. The summed E-state index contributed by atoms with van der Waals surface area (Å²) in [7, 11) is 0. The maximum absolute atomic E-state index is 13.5. The topological polar surface area (TPSA) is 307 Å². The van der Waals surface area contributed by atoms with Gasteiger partial charge in [-0.25, -0.2) is 0 Å². The number of nitrogens with one attached hydrogen (secondary N) is 1. The van der Waals surface area contributed by atoms with Crippen molar-refractivity contribution >= 4 is 5.91 Å². The molecule has 12 N–H and O–H groups in total. The molecule has 3 fully saturated rings. The first-order chi connectivity index (χ1) is 53.3. The van der Waals surface area contributed by atoms with Gasteiger partial charge in [0.15, 0.2) is 18.9 Å². The quantitative estimate of drug-likeness (QED) is 0.0199. The molecule has 0 aromatic rings. The highest BCUT2D eigenvalue weighted by atomic mass is 16.8. The lowest BCUT2D eigenvalue weighted by molar-refractivity contribution is -0.379. The molecule has 0 spiro atoms. The minimum absolute atomic E-state index is 0.232. The van der Waals surface area contributed by atoms with Crippen LogP contribution in [-0.4, -0.2) is 193 Å². The molecule has 3 aliphatic heterocycles. The second kappa shape index (κ2) is 69.1. The van der Waals surface area contributed by atoms with Crippen molar-refractivity contribution in [3.8, 4) is 0 Å². The van der Waals surface area contributed by atoms with Gasteiger partial charge in [0.2, 0.25) is 5.91 Å². The van der Waals surface area contributed by atoms with E-state index in [1.165, 1.54) is 225 Å². The van der Waals surface area contributed by atoms with Crippen molar-refractivity contribution in [2.75, 3.05) is 26.4 Å². The molecule has 0 saturated carbocycles. The molecular formula is C90H159NO18. The minimum atomic E-state index is -1.99. The fourth-order valence-electron chi connectivity index (χ4n) is 14.4. The zero-order valence-electron chi connectivity index (χ0n) is 68.0. The van der Waals surface area contributed by atoms with E-state index >= 15 is 0 Å². The number of rotatable bonds is 70. The van der Waals surface area contributed by atoms with E-state index in [1.54, 1.807) is 6.08 Å². The number of allylic oxidation sites excluding steroid dienone is 15. The summed E-state index contributed by atoms with van der Waals surface area (Å²) in [6, 6.07) is -0.997. The van der Waals surface area contributed by atoms with E-state index in [0.29, 0.717) is 12.8 Å². The van der Waals surface area contributed by atoms with Crippen LogP contribution in [-0.2, 0) is 33.2 Å². The third kappa shape index (κ3) is 48.0. The van der Waals surface area contributed by atoms with Crippen molar-refractivity contribution in [1.29, 1.82) is 0 Å². The first-order valence-electron chi connectivity index (χ1n) is 44.0. The average Bonchev–Trinajstić information content (AvgIpc) is 0.749. The molecule has 0 bridgehead atoms. The van der Waals surface area contributed by atoms with Crippen molar-refractivity contribution in [3.05, 3.63) is 97.2 Å². The maximum atomic E-state index is 13.5. The summed E-state index contributed by atoms with van der Waals surface area (Å²) < 4.78 is 34.5. The summed E-state index contributed by atoms with van der Waals surface area (Å²) in [5.74, 6) is -0.284. The molecule has 19 heteroatoms. The van der Waals surface area contributed by atoms with E-state index in [0.717, 1.165) is 77.0 Å². The highest BCUT2D eigenvalue weighted by molar-refractivity contribution is 5.76. The van der Waals surface area contributed by atoms with Crippen LogP contribution in [0.2, 0.25) is 0 Å². The number of aliphatic hydroxyl groups is 11. The lowest BCUT2D eigenvalue weighted by atomic mass is 9.96. The average molecular weight is 1540 g/mol. The SMILES string of the molecule is CC/C=C\C/C=C\C/C=C\C/C=C\C/C=C\C/C=C\CCCCCCCCCCCCCCCCCCC(=O)NC(COC1OC(CO)C(OC2OC(CO)C(OC3OC(CO)C(O)C(O)C3O)C(O)C2O)C(O)C1O)C(O)/C=C/CC/C=C/CCCCCCCCCCCCCCCCCCCCCCCCC. The highest BCUT2D eigenvalue weighted by Gasteiger charge is 2.54. The molecule has 3 rings (SSSR count). The van der Waals surface area contributed by atoms with Crippen LogP contribution in [0.5, 0.6) is 0 Å². The fraction of sp³-hybridized carbons (Fsp3) is 0.811. The summed E-state index contributed by atoms with van der Waals surface area (Å²) in [5, 5.41) is 121. The van der Waals surface area contributed by atoms with E-state index in [4.69, 9.17) is 28.4 Å². The predicted molar refractivity (Wildman–Crippen MR) is 438 cm³/mol. The van der Waals surface area contributed by atoms with E-state index in [9.17, 15) is 61.0 Å². The molecule has 3 heterocycles. The Kier molecular flexibility index (Phi) is 63.3. The number of hydrogen-bond donors (Lipinski definition) is 12. The number of ether oxygens (including phenoxy) is 6. The number of carbonyl (C=O) groups excluding carboxylic acids is 1. The smallest absolute Gasteiger partial charge is 0.220 e. The number of amides is 1. The second-order valence-electron chi connectivity index (χ2n) is 31.0. The zero-order chi connectivity index (χ0) is 78.8. The molecule has 19 nitrogen and oxygen atoms in total. The van der Waals surface area contributed by atoms with Crippen LogP contribution < -0.4 is 5.32 Å². The number of carbonyl (C=O) groups is 1. The van der Waals surface area contributed by atoms with Crippen LogP contribution >= 0.6 is 0 Å². The summed E-state index contributed by atoms with van der Waals surface area (Å²) in [5.41, 5.74) is 0. The molecule has 0 aromatic heterocycles. The molecule has 0 radical (unpaired) electrons. The van der Waals surface area contributed by atoms with Crippen LogP contribution in [0.4, 0.5) is 0 Å². The Hall–Kier alpha value is -3.29. The van der Waals surface area contributed by atoms with Crippen molar-refractivity contribution in [3.63, 3.8) is 0 Å². The van der Waals surface area contributed by atoms with Gasteiger partial charge in [-0.2, -0.15) is 0 Å². The molecular weight excluding hydrogens is 1380 g/mol. The number of hydrogen-bond acceptors (Lipinski definition) is 18. The molecule has 3 saturated heterocycles. The third-order valence-electron chi connectivity index (χ3n) is 21.4. The van der Waals surface area contributed by atoms with Crippen LogP contribution in [0.15, 0.2) is 97.2 Å². The van der Waals surface area contributed by atoms with E-state index in [-0.39, 0.29) is 18.9 Å². The van der Waals surface area contributed by atoms with Gasteiger partial charge in [-0.05, 0) is 83.5 Å². The van der Waals surface area contributed by atoms with Crippen molar-refractivity contribution in [1.82, 2.24) is 5.32 Å². The summed E-state index contributed by atoms with van der Waals surface area (Å²) in [4.78, 5) is 13.5. The standard InChI is InChI=1S/C90H159NO18/c1-3-5-7-9-11-13-15-17-19-21-23-25-27-29-31-33-34-35-36-37-38-40-42-44-46-48-50-52-54-56-58-60-62-64-66-68-78(96)91-73(74(95)67-65-63-61-59-57-55-53-51-49-47-45-43-41-39-32-30-28-26-24-22-20-18-16-14-12-10-8-6-4-2)72-104-88-84(102)81(99)86(76(70-93)106-88)109-90-85(103)82(100)87(77(71-94)107-90)108-89-83(101)80(98)79(97)75(69-92)105-89/h5,7,11,13,17,19,23,25,29,31,34-35,57,59,65,67,73-77,79-90,92-95,97-103H,3-4,6,8-10,12,14-16,18,20-22,24,26-28,30,32-33,36-56,58,60-64,66,68-72H2,1-2H3,(H,91,96)/b7-5-,13-11-,19-17-,25-23-,31-29-,35-34-,59-57+,67-65+. The van der Waals surface area contributed by atoms with Gasteiger partial charge in [0.05, 0.1) is 38.6 Å². The normalized spacial score (nSPS) is 25.8. The largest absolute Gasteiger partial charge is 0.394 e. The molecule has 109 heavy (non-hydrogen) atoms. The highest BCUT2D eigenvalue weighted by Crippen LogP contribution is 2.33. The lowest BCUT2D eigenvalue weighted by Crippen LogP contribution is -2.66. The Bertz CT molecular complexity index is 2340. The van der Waals surface area contributed by atoms with Gasteiger partial charge < -0.3 is 89.9 Å². The van der Waals surface area contributed by atoms with Crippen LogP contribution in [0.25, 0.3) is 0 Å². The van der Waals surface area contributed by atoms with Crippen molar-refractivity contribution in [2.24, 2.45) is 0 Å². The molecule has 17 unspecified atom stereocenters. The van der Waals surface area contributed by atoms with Crippen molar-refractivity contribution in [2.45, 2.75) is 439 Å². The van der Waals surface area contributed by atoms with E-state index < -0.39 is 124 Å². The monoisotopic (exact) mass is 1540 g/mol.